The second-order valence-corrected chi connectivity index (χ2v) is 12.2. The molecule has 0 radical (unpaired) electrons. The van der Waals surface area contributed by atoms with Crippen molar-refractivity contribution in [2.75, 3.05) is 7.11 Å². The van der Waals surface area contributed by atoms with Crippen molar-refractivity contribution >= 4 is 61.0 Å². The predicted molar refractivity (Wildman–Crippen MR) is 148 cm³/mol. The van der Waals surface area contributed by atoms with E-state index in [2.05, 4.69) is 21.0 Å². The van der Waals surface area contributed by atoms with Crippen molar-refractivity contribution in [3.05, 3.63) is 124 Å². The van der Waals surface area contributed by atoms with Crippen molar-refractivity contribution in [2.24, 2.45) is 0 Å². The molecule has 0 spiro atoms. The minimum Gasteiger partial charge on any atom is -0.464 e. The van der Waals surface area contributed by atoms with Gasteiger partial charge < -0.3 is 4.74 Å². The molecule has 0 unspecified atom stereocenters. The number of fused-ring (bicyclic) bond motifs is 1. The number of carbonyl (C=O) groups excluding carboxylic acids is 1. The average Bonchev–Trinajstić information content (AvgIpc) is 3.23. The Kier molecular flexibility index (Phi) is 6.33. The summed E-state index contributed by atoms with van der Waals surface area (Å²) in [6.07, 6.45) is 0. The van der Waals surface area contributed by atoms with E-state index in [4.69, 9.17) is 4.74 Å². The minimum atomic E-state index is -2.89. The lowest BCUT2D eigenvalue weighted by Gasteiger charge is -2.31. The Balaban J connectivity index is 2.10. The van der Waals surface area contributed by atoms with E-state index in [1.54, 1.807) is 6.07 Å². The normalized spacial score (nSPS) is 11.4. The van der Waals surface area contributed by atoms with Crippen LogP contribution >= 0.6 is 22.8 Å². The predicted octanol–water partition coefficient (Wildman–Crippen LogP) is 4.24. The van der Waals surface area contributed by atoms with Gasteiger partial charge in [-0.1, -0.05) is 107 Å². The lowest BCUT2D eigenvalue weighted by atomic mass is 10.3. The van der Waals surface area contributed by atoms with Gasteiger partial charge in [0, 0.05) is 11.4 Å². The SMILES string of the molecule is COC(=O)C(n1[nH]c2ccc(Br)cc2c1=O)=P(c1ccccc1)(c1ccccc1)c1ccccc1. The molecule has 0 aliphatic carbocycles. The van der Waals surface area contributed by atoms with Crippen molar-refractivity contribution in [1.82, 2.24) is 9.78 Å². The minimum absolute atomic E-state index is 0.265. The van der Waals surface area contributed by atoms with E-state index in [0.29, 0.717) is 10.9 Å². The quantitative estimate of drug-likeness (QED) is 0.266. The Hall–Kier alpha value is -3.60. The number of nitrogens with one attached hydrogen (secondary N) is 1. The Bertz CT molecular complexity index is 1520. The maximum atomic E-state index is 13.8. The molecule has 4 aromatic carbocycles. The third-order valence-electron chi connectivity index (χ3n) is 5.98. The highest BCUT2D eigenvalue weighted by Crippen LogP contribution is 2.46. The Morgan fingerprint density at radius 1 is 0.800 bits per heavy atom. The molecule has 0 fully saturated rings. The third kappa shape index (κ3) is 3.89. The van der Waals surface area contributed by atoms with Gasteiger partial charge in [-0.15, -0.1) is 0 Å². The van der Waals surface area contributed by atoms with Crippen molar-refractivity contribution in [1.29, 1.82) is 0 Å². The first-order chi connectivity index (χ1) is 17.1. The fourth-order valence-corrected chi connectivity index (χ4v) is 9.12. The van der Waals surface area contributed by atoms with Gasteiger partial charge >= 0.3 is 5.97 Å². The summed E-state index contributed by atoms with van der Waals surface area (Å²) in [5.74, 6) is -0.567. The van der Waals surface area contributed by atoms with Gasteiger partial charge in [-0.05, 0) is 34.1 Å². The summed E-state index contributed by atoms with van der Waals surface area (Å²) in [7, 11) is 1.35. The van der Waals surface area contributed by atoms with Crippen LogP contribution in [0.2, 0.25) is 0 Å². The maximum absolute atomic E-state index is 13.8. The van der Waals surface area contributed by atoms with Crippen LogP contribution in [0, 0.1) is 0 Å². The van der Waals surface area contributed by atoms with E-state index >= 15 is 0 Å². The monoisotopic (exact) mass is 544 g/mol. The van der Waals surface area contributed by atoms with Crippen LogP contribution in [0.25, 0.3) is 10.9 Å². The molecule has 0 saturated carbocycles. The van der Waals surface area contributed by atoms with Gasteiger partial charge in [0.1, 0.15) is 0 Å². The van der Waals surface area contributed by atoms with E-state index in [1.807, 2.05) is 103 Å². The summed E-state index contributed by atoms with van der Waals surface area (Å²) in [6.45, 7) is -2.89. The number of aromatic nitrogens is 2. The number of H-pyrrole nitrogens is 1. The van der Waals surface area contributed by atoms with Crippen LogP contribution in [0.3, 0.4) is 0 Å². The van der Waals surface area contributed by atoms with Crippen LogP contribution < -0.4 is 21.5 Å². The molecule has 1 aromatic heterocycles. The van der Waals surface area contributed by atoms with E-state index in [1.165, 1.54) is 11.8 Å². The fraction of sp³-hybridized carbons (Fsp3) is 0.0357. The number of hydrogen-bond donors (Lipinski definition) is 1. The molecule has 5 nitrogen and oxygen atoms in total. The van der Waals surface area contributed by atoms with E-state index < -0.39 is 12.9 Å². The first-order valence-electron chi connectivity index (χ1n) is 11.0. The standard InChI is InChI=1S/C28H22BrN2O3P/c1-34-28(33)27(31-26(32)24-19-20(29)17-18-25(24)30-31)35(21-11-5-2-6-12-21,22-13-7-3-8-14-22)23-15-9-4-10-16-23/h2-19,30H,1H3. The highest BCUT2D eigenvalue weighted by Gasteiger charge is 2.36. The second-order valence-electron chi connectivity index (χ2n) is 7.93. The number of carbonyl (C=O) groups is 1. The van der Waals surface area contributed by atoms with Crippen LogP contribution in [0.1, 0.15) is 0 Å². The number of aromatic amines is 1. The molecule has 0 saturated heterocycles. The van der Waals surface area contributed by atoms with Crippen LogP contribution in [-0.2, 0) is 9.53 Å². The summed E-state index contributed by atoms with van der Waals surface area (Å²) >= 11 is 3.45. The Morgan fingerprint density at radius 3 is 1.74 bits per heavy atom. The lowest BCUT2D eigenvalue weighted by Crippen LogP contribution is -2.41. The molecule has 0 atom stereocenters. The molecular formula is C28H22BrN2O3P. The first-order valence-corrected chi connectivity index (χ1v) is 13.6. The molecule has 174 valence electrons. The van der Waals surface area contributed by atoms with Gasteiger partial charge in [0.05, 0.1) is 18.0 Å². The molecule has 0 amide bonds. The van der Waals surface area contributed by atoms with Gasteiger partial charge in [0.25, 0.3) is 5.56 Å². The van der Waals surface area contributed by atoms with E-state index in [0.717, 1.165) is 20.4 Å². The molecule has 1 heterocycles. The maximum Gasteiger partial charge on any atom is 0.357 e. The summed E-state index contributed by atoms with van der Waals surface area (Å²) < 4.78 is 7.53. The van der Waals surface area contributed by atoms with E-state index in [-0.39, 0.29) is 11.0 Å². The van der Waals surface area contributed by atoms with Gasteiger partial charge in [-0.3, -0.25) is 9.89 Å². The summed E-state index contributed by atoms with van der Waals surface area (Å²) in [6, 6.07) is 35.1. The van der Waals surface area contributed by atoms with Crippen LogP contribution in [0.4, 0.5) is 0 Å². The molecule has 7 heteroatoms. The zero-order chi connectivity index (χ0) is 24.4. The van der Waals surface area contributed by atoms with Crippen molar-refractivity contribution in [3.63, 3.8) is 0 Å². The highest BCUT2D eigenvalue weighted by molar-refractivity contribution is 9.10. The van der Waals surface area contributed by atoms with Crippen molar-refractivity contribution in [3.8, 4) is 0 Å². The van der Waals surface area contributed by atoms with Crippen LogP contribution in [-0.4, -0.2) is 28.3 Å². The number of methoxy groups -OCH3 is 1. The first kappa shape index (κ1) is 23.2. The van der Waals surface area contributed by atoms with E-state index in [9.17, 15) is 9.59 Å². The number of hydrogen-bond acceptors (Lipinski definition) is 3. The summed E-state index contributed by atoms with van der Waals surface area (Å²) in [5, 5.41) is 6.48. The van der Waals surface area contributed by atoms with Crippen molar-refractivity contribution in [2.45, 2.75) is 0 Å². The third-order valence-corrected chi connectivity index (χ3v) is 10.7. The van der Waals surface area contributed by atoms with Gasteiger partial charge in [-0.2, -0.15) is 0 Å². The molecule has 0 aliphatic heterocycles. The molecule has 35 heavy (non-hydrogen) atoms. The van der Waals surface area contributed by atoms with Crippen LogP contribution in [0.15, 0.2) is 118 Å². The summed E-state index contributed by atoms with van der Waals surface area (Å²) in [4.78, 5) is 27.5. The zero-order valence-electron chi connectivity index (χ0n) is 18.9. The number of benzene rings is 4. The second kappa shape index (κ2) is 9.57. The van der Waals surface area contributed by atoms with Gasteiger partial charge in [0.2, 0.25) is 0 Å². The number of nitrogens with zero attached hydrogens (tertiary/aromatic N) is 1. The van der Waals surface area contributed by atoms with Crippen LogP contribution in [0.5, 0.6) is 0 Å². The largest absolute Gasteiger partial charge is 0.464 e. The Labute approximate surface area is 211 Å². The number of ether oxygens (including phenoxy) is 1. The highest BCUT2D eigenvalue weighted by atomic mass is 79.9. The van der Waals surface area contributed by atoms with Gasteiger partial charge in [0.15, 0.2) is 5.42 Å². The molecule has 0 aliphatic rings. The molecular weight excluding hydrogens is 523 g/mol. The number of esters is 1. The van der Waals surface area contributed by atoms with Gasteiger partial charge in [-0.25, -0.2) is 9.48 Å². The molecule has 5 aromatic rings. The van der Waals surface area contributed by atoms with Crippen molar-refractivity contribution < 1.29 is 9.53 Å². The summed E-state index contributed by atoms with van der Waals surface area (Å²) in [5.41, 5.74) is 0.585. The zero-order valence-corrected chi connectivity index (χ0v) is 21.4. The molecule has 1 N–H and O–H groups in total. The molecule has 0 bridgehead atoms. The fourth-order valence-electron chi connectivity index (χ4n) is 4.47. The number of rotatable bonds is 5. The average molecular weight is 545 g/mol. The topological polar surface area (TPSA) is 64.1 Å². The smallest absolute Gasteiger partial charge is 0.357 e. The Morgan fingerprint density at radius 2 is 1.29 bits per heavy atom. The molecule has 5 rings (SSSR count). The number of halogens is 1. The lowest BCUT2D eigenvalue weighted by molar-refractivity contribution is -0.132.